The third-order valence-corrected chi connectivity index (χ3v) is 4.34. The first kappa shape index (κ1) is 18.6. The van der Waals surface area contributed by atoms with E-state index in [0.29, 0.717) is 36.5 Å². The third kappa shape index (κ3) is 3.50. The Bertz CT molecular complexity index is 805. The maximum atomic E-state index is 12.8. The van der Waals surface area contributed by atoms with E-state index >= 15 is 0 Å². The van der Waals surface area contributed by atoms with Crippen LogP contribution in [0, 0.1) is 0 Å². The maximum Gasteiger partial charge on any atom is 0.332 e. The number of anilines is 1. The molecule has 0 unspecified atom stereocenters. The Morgan fingerprint density at radius 3 is 2.29 bits per heavy atom. The number of rotatable bonds is 9. The maximum absolute atomic E-state index is 12.8. The molecule has 2 aromatic heterocycles. The molecule has 2 aromatic rings. The van der Waals surface area contributed by atoms with Crippen molar-refractivity contribution >= 4 is 28.5 Å². The first-order chi connectivity index (χ1) is 11.6. The number of aryl methyl sites for hydroxylation is 2. The van der Waals surface area contributed by atoms with E-state index in [2.05, 4.69) is 12.0 Å². The summed E-state index contributed by atoms with van der Waals surface area (Å²) in [5.41, 5.74) is 5.83. The van der Waals surface area contributed by atoms with Crippen LogP contribution in [0.25, 0.3) is 11.0 Å². The van der Waals surface area contributed by atoms with Crippen LogP contribution in [0.2, 0.25) is 0 Å². The fourth-order valence-corrected chi connectivity index (χ4v) is 2.96. The minimum Gasteiger partial charge on any atom is -0.383 e. The van der Waals surface area contributed by atoms with Crippen LogP contribution in [0.4, 0.5) is 5.82 Å². The molecule has 2 N–H and O–H groups in total. The zero-order valence-corrected chi connectivity index (χ0v) is 15.2. The fourth-order valence-electron chi connectivity index (χ4n) is 2.80. The number of alkyl halides is 1. The number of aromatic nitrogens is 4. The minimum atomic E-state index is -0.353. The van der Waals surface area contributed by atoms with E-state index in [1.54, 1.807) is 4.57 Å². The smallest absolute Gasteiger partial charge is 0.332 e. The van der Waals surface area contributed by atoms with Gasteiger partial charge in [0.25, 0.3) is 5.56 Å². The average molecular weight is 356 g/mol. The largest absolute Gasteiger partial charge is 0.383 e. The molecule has 0 amide bonds. The molecule has 0 aliphatic rings. The molecule has 0 radical (unpaired) electrons. The zero-order valence-electron chi connectivity index (χ0n) is 14.4. The van der Waals surface area contributed by atoms with E-state index < -0.39 is 0 Å². The number of nitrogen functional groups attached to an aromatic ring is 1. The number of hydrogen-bond donors (Lipinski definition) is 1. The van der Waals surface area contributed by atoms with Gasteiger partial charge in [-0.2, -0.15) is 5.10 Å². The van der Waals surface area contributed by atoms with Crippen LogP contribution in [-0.4, -0.2) is 24.8 Å². The number of nitrogens with zero attached hydrogens (tertiary/aromatic N) is 4. The topological polar surface area (TPSA) is 87.8 Å². The lowest BCUT2D eigenvalue weighted by molar-refractivity contribution is 0.522. The summed E-state index contributed by atoms with van der Waals surface area (Å²) in [4.78, 5) is 25.6. The lowest BCUT2D eigenvalue weighted by Crippen LogP contribution is -2.40. The van der Waals surface area contributed by atoms with Gasteiger partial charge in [-0.05, 0) is 12.8 Å². The summed E-state index contributed by atoms with van der Waals surface area (Å²) >= 11 is 5.78. The van der Waals surface area contributed by atoms with Crippen LogP contribution in [0.5, 0.6) is 0 Å². The minimum absolute atomic E-state index is 0.283. The van der Waals surface area contributed by atoms with Crippen molar-refractivity contribution in [3.63, 3.8) is 0 Å². The van der Waals surface area contributed by atoms with Gasteiger partial charge >= 0.3 is 5.69 Å². The van der Waals surface area contributed by atoms with Crippen molar-refractivity contribution in [2.24, 2.45) is 0 Å². The van der Waals surface area contributed by atoms with Crippen molar-refractivity contribution in [2.75, 3.05) is 11.6 Å². The number of halogens is 1. The summed E-state index contributed by atoms with van der Waals surface area (Å²) in [7, 11) is 0. The van der Waals surface area contributed by atoms with Crippen LogP contribution < -0.4 is 17.0 Å². The number of fused-ring (bicyclic) bond motifs is 1. The van der Waals surface area contributed by atoms with Gasteiger partial charge in [-0.15, -0.1) is 11.6 Å². The summed E-state index contributed by atoms with van der Waals surface area (Å²) in [6.45, 7) is 5.47. The van der Waals surface area contributed by atoms with Crippen molar-refractivity contribution in [2.45, 2.75) is 65.6 Å². The van der Waals surface area contributed by atoms with Crippen LogP contribution in [0.1, 0.15) is 46.0 Å². The Morgan fingerprint density at radius 1 is 1.00 bits per heavy atom. The molecule has 0 saturated carbocycles. The molecule has 0 aliphatic carbocycles. The van der Waals surface area contributed by atoms with E-state index in [-0.39, 0.29) is 17.1 Å². The SMILES string of the molecule is CCCCCn1c(=O)n(CCCC)c(=O)c2c(N)n(CCCl)nc21. The van der Waals surface area contributed by atoms with Crippen molar-refractivity contribution in [1.29, 1.82) is 0 Å². The standard InChI is InChI=1S/C16H26ClN5O2/c1-3-5-7-10-20-14-12(13(18)22(19-14)11-8-17)15(23)21(16(20)24)9-6-4-2/h3-11,18H2,1-2H3. The zero-order chi connectivity index (χ0) is 17.7. The van der Waals surface area contributed by atoms with Crippen molar-refractivity contribution in [1.82, 2.24) is 18.9 Å². The monoisotopic (exact) mass is 355 g/mol. The summed E-state index contributed by atoms with van der Waals surface area (Å²) in [5, 5.41) is 4.71. The molecule has 0 fully saturated rings. The van der Waals surface area contributed by atoms with Crippen molar-refractivity contribution in [3.8, 4) is 0 Å². The summed E-state index contributed by atoms with van der Waals surface area (Å²) in [6.07, 6.45) is 4.60. The Balaban J connectivity index is 2.67. The molecule has 24 heavy (non-hydrogen) atoms. The van der Waals surface area contributed by atoms with Gasteiger partial charge < -0.3 is 5.73 Å². The Morgan fingerprint density at radius 2 is 1.67 bits per heavy atom. The van der Waals surface area contributed by atoms with E-state index in [4.69, 9.17) is 17.3 Å². The molecule has 2 rings (SSSR count). The second kappa shape index (κ2) is 8.37. The van der Waals surface area contributed by atoms with Gasteiger partial charge in [0.2, 0.25) is 0 Å². The number of nitrogens with two attached hydrogens (primary N) is 1. The molecule has 0 atom stereocenters. The van der Waals surface area contributed by atoms with Crippen LogP contribution >= 0.6 is 11.6 Å². The molecule has 134 valence electrons. The summed E-state index contributed by atoms with van der Waals surface area (Å²) in [5.74, 6) is 0.618. The highest BCUT2D eigenvalue weighted by atomic mass is 35.5. The van der Waals surface area contributed by atoms with E-state index in [9.17, 15) is 9.59 Å². The van der Waals surface area contributed by atoms with E-state index in [1.807, 2.05) is 6.92 Å². The second-order valence-corrected chi connectivity index (χ2v) is 6.33. The van der Waals surface area contributed by atoms with Gasteiger partial charge in [0.1, 0.15) is 11.2 Å². The quantitative estimate of drug-likeness (QED) is 0.551. The lowest BCUT2D eigenvalue weighted by Gasteiger charge is -2.10. The van der Waals surface area contributed by atoms with E-state index in [0.717, 1.165) is 32.1 Å². The second-order valence-electron chi connectivity index (χ2n) is 5.95. The third-order valence-electron chi connectivity index (χ3n) is 4.17. The van der Waals surface area contributed by atoms with Gasteiger partial charge in [0.05, 0.1) is 6.54 Å². The van der Waals surface area contributed by atoms with Crippen LogP contribution in [0.3, 0.4) is 0 Å². The highest BCUT2D eigenvalue weighted by Crippen LogP contribution is 2.16. The highest BCUT2D eigenvalue weighted by molar-refractivity contribution is 6.17. The fraction of sp³-hybridized carbons (Fsp3) is 0.688. The molecule has 0 spiro atoms. The molecule has 0 bridgehead atoms. The highest BCUT2D eigenvalue weighted by Gasteiger charge is 2.20. The van der Waals surface area contributed by atoms with Gasteiger partial charge in [0, 0.05) is 19.0 Å². The Hall–Kier alpha value is -1.76. The molecular weight excluding hydrogens is 330 g/mol. The Kier molecular flexibility index (Phi) is 6.48. The van der Waals surface area contributed by atoms with Gasteiger partial charge in [-0.25, -0.2) is 9.48 Å². The van der Waals surface area contributed by atoms with Crippen molar-refractivity contribution < 1.29 is 0 Å². The van der Waals surface area contributed by atoms with Crippen molar-refractivity contribution in [3.05, 3.63) is 20.8 Å². The average Bonchev–Trinajstić information content (AvgIpc) is 2.88. The van der Waals surface area contributed by atoms with Gasteiger partial charge in [0.15, 0.2) is 5.65 Å². The first-order valence-electron chi connectivity index (χ1n) is 8.62. The molecule has 8 heteroatoms. The van der Waals surface area contributed by atoms with E-state index in [1.165, 1.54) is 9.25 Å². The molecule has 0 aliphatic heterocycles. The normalized spacial score (nSPS) is 11.5. The Labute approximate surface area is 146 Å². The number of hydrogen-bond acceptors (Lipinski definition) is 4. The molecule has 7 nitrogen and oxygen atoms in total. The number of unbranched alkanes of at least 4 members (excludes halogenated alkanes) is 3. The molecular formula is C16H26ClN5O2. The molecule has 2 heterocycles. The molecule has 0 saturated heterocycles. The van der Waals surface area contributed by atoms with Crippen LogP contribution in [-0.2, 0) is 19.6 Å². The van der Waals surface area contributed by atoms with Gasteiger partial charge in [-0.1, -0.05) is 33.1 Å². The summed E-state index contributed by atoms with van der Waals surface area (Å²) < 4.78 is 4.39. The lowest BCUT2D eigenvalue weighted by atomic mass is 10.2. The van der Waals surface area contributed by atoms with Crippen LogP contribution in [0.15, 0.2) is 9.59 Å². The predicted octanol–water partition coefficient (Wildman–Crippen LogP) is 2.17. The van der Waals surface area contributed by atoms with Gasteiger partial charge in [-0.3, -0.25) is 13.9 Å². The predicted molar refractivity (Wildman–Crippen MR) is 97.8 cm³/mol. The summed E-state index contributed by atoms with van der Waals surface area (Å²) in [6, 6.07) is 0. The first-order valence-corrected chi connectivity index (χ1v) is 9.15. The molecule has 0 aromatic carbocycles.